The third-order valence-electron chi connectivity index (χ3n) is 6.88. The Balaban J connectivity index is 1.50. The van der Waals surface area contributed by atoms with Crippen LogP contribution >= 0.6 is 22.6 Å². The number of furan rings is 1. The lowest BCUT2D eigenvalue weighted by molar-refractivity contribution is 0.0599. The van der Waals surface area contributed by atoms with Crippen LogP contribution in [0.1, 0.15) is 56.2 Å². The first-order valence-electron chi connectivity index (χ1n) is 12.6. The summed E-state index contributed by atoms with van der Waals surface area (Å²) in [7, 11) is -1.12. The molecule has 0 radical (unpaired) electrons. The lowest BCUT2D eigenvalue weighted by Gasteiger charge is -2.12. The van der Waals surface area contributed by atoms with Crippen molar-refractivity contribution < 1.29 is 35.9 Å². The fourth-order valence-electron chi connectivity index (χ4n) is 4.69. The number of ether oxygens (including phenoxy) is 1. The molecular weight excluding hydrogens is 669 g/mol. The number of halogens is 3. The highest BCUT2D eigenvalue weighted by Crippen LogP contribution is 2.45. The number of methoxy groups -OCH3 is 1. The van der Waals surface area contributed by atoms with Gasteiger partial charge in [0, 0.05) is 28.1 Å². The third kappa shape index (κ3) is 6.14. The Bertz CT molecular complexity index is 1800. The van der Waals surface area contributed by atoms with Gasteiger partial charge in [0.15, 0.2) is 11.6 Å². The minimum absolute atomic E-state index is 0.0356. The molecule has 0 unspecified atom stereocenters. The number of nitrogens with one attached hydrogen (secondary N) is 2. The maximum Gasteiger partial charge on any atom is 0.338 e. The molecule has 1 aliphatic carbocycles. The molecule has 0 spiro atoms. The van der Waals surface area contributed by atoms with Gasteiger partial charge in [0.05, 0.1) is 24.0 Å². The average molecular weight is 694 g/mol. The largest absolute Gasteiger partial charge is 0.465 e. The zero-order valence-electron chi connectivity index (χ0n) is 22.0. The van der Waals surface area contributed by atoms with E-state index in [1.54, 1.807) is 30.3 Å². The maximum absolute atomic E-state index is 14.0. The smallest absolute Gasteiger partial charge is 0.338 e. The molecule has 1 aromatic heterocycles. The van der Waals surface area contributed by atoms with Gasteiger partial charge in [0.2, 0.25) is 10.0 Å². The highest BCUT2D eigenvalue weighted by Gasteiger charge is 2.31. The van der Waals surface area contributed by atoms with Crippen LogP contribution in [-0.4, -0.2) is 34.5 Å². The first-order chi connectivity index (χ1) is 19.5. The van der Waals surface area contributed by atoms with Crippen LogP contribution in [0.4, 0.5) is 8.78 Å². The SMILES string of the molecule is CNC(=O)c1c(-c2ccc(F)c(F)c2)oc2cc(CS(=O)(=O)NCc3ccc(I)c(C(=O)OC)c3)c(C3CC3)cc12. The van der Waals surface area contributed by atoms with Crippen LogP contribution < -0.4 is 10.0 Å². The normalized spacial score (nSPS) is 13.4. The number of esters is 1. The number of sulfonamides is 1. The van der Waals surface area contributed by atoms with Crippen molar-refractivity contribution in [1.29, 1.82) is 0 Å². The molecule has 3 aromatic carbocycles. The highest BCUT2D eigenvalue weighted by molar-refractivity contribution is 14.1. The van der Waals surface area contributed by atoms with E-state index in [4.69, 9.17) is 9.15 Å². The second-order valence-corrected chi connectivity index (χ2v) is 12.7. The standard InChI is InChI=1S/C29H25F2IN2O6S/c1-33-28(35)26-21-12-19(16-4-5-16)18(11-25(21)40-27(26)17-6-7-22(30)23(31)10-17)14-41(37,38)34-13-15-3-8-24(32)20(9-15)29(36)39-2/h3,6-12,16,34H,4-5,13-14H2,1-2H3,(H,33,35). The van der Waals surface area contributed by atoms with Gasteiger partial charge in [-0.15, -0.1) is 0 Å². The van der Waals surface area contributed by atoms with E-state index >= 15 is 0 Å². The van der Waals surface area contributed by atoms with Crippen molar-refractivity contribution in [2.24, 2.45) is 0 Å². The van der Waals surface area contributed by atoms with Crippen molar-refractivity contribution >= 4 is 55.5 Å². The van der Waals surface area contributed by atoms with E-state index in [1.807, 2.05) is 22.6 Å². The minimum Gasteiger partial charge on any atom is -0.465 e. The monoisotopic (exact) mass is 694 g/mol. The molecule has 1 amide bonds. The summed E-state index contributed by atoms with van der Waals surface area (Å²) in [4.78, 5) is 24.9. The Morgan fingerprint density at radius 3 is 2.49 bits per heavy atom. The van der Waals surface area contributed by atoms with Crippen LogP contribution in [0.25, 0.3) is 22.3 Å². The lowest BCUT2D eigenvalue weighted by Crippen LogP contribution is -2.25. The van der Waals surface area contributed by atoms with Crippen molar-refractivity contribution in [2.45, 2.75) is 31.1 Å². The molecule has 0 bridgehead atoms. The van der Waals surface area contributed by atoms with Crippen LogP contribution in [0, 0.1) is 15.2 Å². The molecule has 1 heterocycles. The third-order valence-corrected chi connectivity index (χ3v) is 9.10. The average Bonchev–Trinajstić information content (AvgIpc) is 3.73. The summed E-state index contributed by atoms with van der Waals surface area (Å²) in [6.07, 6.45) is 1.74. The fourth-order valence-corrected chi connectivity index (χ4v) is 6.39. The first-order valence-corrected chi connectivity index (χ1v) is 15.3. The van der Waals surface area contributed by atoms with Gasteiger partial charge in [-0.1, -0.05) is 6.07 Å². The molecule has 4 aromatic rings. The number of amides is 1. The van der Waals surface area contributed by atoms with Gasteiger partial charge in [0.25, 0.3) is 5.91 Å². The molecule has 0 atom stereocenters. The van der Waals surface area contributed by atoms with Gasteiger partial charge in [-0.05, 0) is 101 Å². The summed E-state index contributed by atoms with van der Waals surface area (Å²) in [5.74, 6) is -3.28. The van der Waals surface area contributed by atoms with Crippen LogP contribution in [0.5, 0.6) is 0 Å². The Morgan fingerprint density at radius 1 is 1.07 bits per heavy atom. The quantitative estimate of drug-likeness (QED) is 0.174. The second kappa shape index (κ2) is 11.5. The van der Waals surface area contributed by atoms with E-state index < -0.39 is 33.5 Å². The molecule has 0 aliphatic heterocycles. The zero-order valence-corrected chi connectivity index (χ0v) is 25.0. The predicted octanol–water partition coefficient (Wildman–Crippen LogP) is 5.63. The van der Waals surface area contributed by atoms with Gasteiger partial charge in [-0.2, -0.15) is 0 Å². The molecule has 2 N–H and O–H groups in total. The summed E-state index contributed by atoms with van der Waals surface area (Å²) in [5, 5.41) is 3.01. The van der Waals surface area contributed by atoms with E-state index in [-0.39, 0.29) is 40.7 Å². The molecule has 8 nitrogen and oxygen atoms in total. The first kappa shape index (κ1) is 29.1. The number of carbonyl (C=O) groups is 2. The zero-order chi connectivity index (χ0) is 29.5. The van der Waals surface area contributed by atoms with E-state index in [9.17, 15) is 26.8 Å². The topological polar surface area (TPSA) is 115 Å². The van der Waals surface area contributed by atoms with Crippen molar-refractivity contribution in [1.82, 2.24) is 10.0 Å². The Labute approximate surface area is 248 Å². The van der Waals surface area contributed by atoms with Gasteiger partial charge < -0.3 is 14.5 Å². The van der Waals surface area contributed by atoms with E-state index in [0.717, 1.165) is 30.5 Å². The molecule has 1 saturated carbocycles. The van der Waals surface area contributed by atoms with E-state index in [2.05, 4.69) is 10.0 Å². The molecule has 1 fully saturated rings. The van der Waals surface area contributed by atoms with Crippen molar-refractivity contribution in [3.05, 3.63) is 91.6 Å². The lowest BCUT2D eigenvalue weighted by atomic mass is 9.98. The molecular formula is C29H25F2IN2O6S. The van der Waals surface area contributed by atoms with Gasteiger partial charge in [-0.25, -0.2) is 26.7 Å². The molecule has 1 aliphatic rings. The van der Waals surface area contributed by atoms with Gasteiger partial charge >= 0.3 is 5.97 Å². The predicted molar refractivity (Wildman–Crippen MR) is 157 cm³/mol. The Kier molecular flexibility index (Phi) is 8.17. The second-order valence-electron chi connectivity index (χ2n) is 9.72. The summed E-state index contributed by atoms with van der Waals surface area (Å²) >= 11 is 2.01. The summed E-state index contributed by atoms with van der Waals surface area (Å²) in [5.41, 5.74) is 2.80. The molecule has 5 rings (SSSR count). The van der Waals surface area contributed by atoms with Gasteiger partial charge in [-0.3, -0.25) is 4.79 Å². The van der Waals surface area contributed by atoms with Crippen molar-refractivity contribution in [3.8, 4) is 11.3 Å². The van der Waals surface area contributed by atoms with Crippen LogP contribution in [-0.2, 0) is 27.1 Å². The number of rotatable bonds is 9. The van der Waals surface area contributed by atoms with Gasteiger partial charge in [0.1, 0.15) is 11.3 Å². The number of hydrogen-bond donors (Lipinski definition) is 2. The highest BCUT2D eigenvalue weighted by atomic mass is 127. The Morgan fingerprint density at radius 2 is 1.83 bits per heavy atom. The van der Waals surface area contributed by atoms with Crippen LogP contribution in [0.3, 0.4) is 0 Å². The summed E-state index contributed by atoms with van der Waals surface area (Å²) in [6, 6.07) is 11.6. The minimum atomic E-state index is -3.85. The van der Waals surface area contributed by atoms with Crippen molar-refractivity contribution in [2.75, 3.05) is 14.2 Å². The number of fused-ring (bicyclic) bond motifs is 1. The number of hydrogen-bond acceptors (Lipinski definition) is 6. The van der Waals surface area contributed by atoms with Crippen molar-refractivity contribution in [3.63, 3.8) is 0 Å². The molecule has 12 heteroatoms. The molecule has 41 heavy (non-hydrogen) atoms. The maximum atomic E-state index is 14.0. The summed E-state index contributed by atoms with van der Waals surface area (Å²) < 4.78 is 68.1. The summed E-state index contributed by atoms with van der Waals surface area (Å²) in [6.45, 7) is -0.0356. The van der Waals surface area contributed by atoms with Crippen LogP contribution in [0.2, 0.25) is 0 Å². The fraction of sp³-hybridized carbons (Fsp3) is 0.241. The molecule has 214 valence electrons. The number of benzene rings is 3. The Hall–Kier alpha value is -3.36. The molecule has 0 saturated heterocycles. The number of carbonyl (C=O) groups excluding carboxylic acids is 2. The van der Waals surface area contributed by atoms with Crippen LogP contribution in [0.15, 0.2) is 52.9 Å². The van der Waals surface area contributed by atoms with E-state index in [0.29, 0.717) is 25.6 Å². The van der Waals surface area contributed by atoms with E-state index in [1.165, 1.54) is 20.2 Å².